The van der Waals surface area contributed by atoms with Crippen molar-refractivity contribution in [3.05, 3.63) is 89.7 Å². The number of carbonyl (C=O) groups is 1. The third kappa shape index (κ3) is 5.09. The van der Waals surface area contributed by atoms with Crippen LogP contribution in [0.4, 0.5) is 11.4 Å². The van der Waals surface area contributed by atoms with E-state index in [4.69, 9.17) is 4.99 Å². The third-order valence-corrected chi connectivity index (χ3v) is 6.73. The van der Waals surface area contributed by atoms with Gasteiger partial charge in [-0.25, -0.2) is 0 Å². The van der Waals surface area contributed by atoms with Crippen LogP contribution in [-0.2, 0) is 11.3 Å². The topological polar surface area (TPSA) is 75.4 Å². The molecule has 38 heavy (non-hydrogen) atoms. The van der Waals surface area contributed by atoms with Gasteiger partial charge >= 0.3 is 0 Å². The van der Waals surface area contributed by atoms with E-state index in [1.54, 1.807) is 0 Å². The molecule has 194 valence electrons. The van der Waals surface area contributed by atoms with Gasteiger partial charge in [-0.3, -0.25) is 14.4 Å². The second-order valence-corrected chi connectivity index (χ2v) is 9.47. The highest BCUT2D eigenvalue weighted by Gasteiger charge is 2.24. The Balaban J connectivity index is 1.64. The summed E-state index contributed by atoms with van der Waals surface area (Å²) in [7, 11) is 0. The van der Waals surface area contributed by atoms with E-state index < -0.39 is 0 Å². The molecule has 0 spiro atoms. The van der Waals surface area contributed by atoms with Crippen molar-refractivity contribution in [2.45, 2.75) is 46.6 Å². The van der Waals surface area contributed by atoms with Gasteiger partial charge in [0.15, 0.2) is 11.6 Å². The van der Waals surface area contributed by atoms with Crippen LogP contribution in [0.25, 0.3) is 17.1 Å². The second kappa shape index (κ2) is 11.4. The van der Waals surface area contributed by atoms with E-state index in [0.29, 0.717) is 13.0 Å². The Kier molecular flexibility index (Phi) is 7.63. The first-order valence-corrected chi connectivity index (χ1v) is 13.5. The van der Waals surface area contributed by atoms with E-state index >= 15 is 0 Å². The molecule has 0 unspecified atom stereocenters. The summed E-state index contributed by atoms with van der Waals surface area (Å²) in [5, 5.41) is 12.1. The fourth-order valence-corrected chi connectivity index (χ4v) is 4.90. The number of aromatic nitrogens is 3. The lowest BCUT2D eigenvalue weighted by Gasteiger charge is -2.25. The number of fused-ring (bicyclic) bond motifs is 3. The van der Waals surface area contributed by atoms with Gasteiger partial charge in [0.25, 0.3) is 0 Å². The Labute approximate surface area is 224 Å². The van der Waals surface area contributed by atoms with Gasteiger partial charge in [-0.1, -0.05) is 63.2 Å². The summed E-state index contributed by atoms with van der Waals surface area (Å²) < 4.78 is 2.16. The lowest BCUT2D eigenvalue weighted by atomic mass is 9.99. The average molecular weight is 507 g/mol. The van der Waals surface area contributed by atoms with Crippen molar-refractivity contribution in [1.29, 1.82) is 0 Å². The molecule has 0 bridgehead atoms. The van der Waals surface area contributed by atoms with Crippen LogP contribution < -0.4 is 10.2 Å². The molecule has 7 heteroatoms. The number of benzene rings is 3. The molecule has 3 aromatic carbocycles. The molecule has 0 saturated heterocycles. The summed E-state index contributed by atoms with van der Waals surface area (Å²) >= 11 is 0. The van der Waals surface area contributed by atoms with Crippen molar-refractivity contribution >= 4 is 23.0 Å². The van der Waals surface area contributed by atoms with Crippen molar-refractivity contribution in [2.75, 3.05) is 23.3 Å². The lowest BCUT2D eigenvalue weighted by Crippen LogP contribution is -2.25. The molecule has 1 aliphatic rings. The highest BCUT2D eigenvalue weighted by atomic mass is 16.1. The van der Waals surface area contributed by atoms with Gasteiger partial charge in [0.2, 0.25) is 5.91 Å². The number of hydrogen-bond donors (Lipinski definition) is 1. The van der Waals surface area contributed by atoms with Crippen molar-refractivity contribution in [2.24, 2.45) is 4.99 Å². The first kappa shape index (κ1) is 25.4. The maximum absolute atomic E-state index is 11.8. The second-order valence-electron chi connectivity index (χ2n) is 9.47. The Morgan fingerprint density at radius 3 is 2.32 bits per heavy atom. The summed E-state index contributed by atoms with van der Waals surface area (Å²) in [5.74, 6) is 1.62. The van der Waals surface area contributed by atoms with Crippen molar-refractivity contribution in [1.82, 2.24) is 14.8 Å². The van der Waals surface area contributed by atoms with Crippen LogP contribution >= 0.6 is 0 Å². The minimum Gasteiger partial charge on any atom is -0.371 e. The largest absolute Gasteiger partial charge is 0.371 e. The monoisotopic (exact) mass is 506 g/mol. The zero-order chi connectivity index (χ0) is 26.5. The minimum absolute atomic E-state index is 0.00231. The van der Waals surface area contributed by atoms with Gasteiger partial charge in [0, 0.05) is 47.6 Å². The maximum atomic E-state index is 11.8. The Bertz CT molecular complexity index is 1430. The lowest BCUT2D eigenvalue weighted by molar-refractivity contribution is -0.115. The van der Waals surface area contributed by atoms with Crippen LogP contribution in [0.2, 0.25) is 0 Å². The fraction of sp³-hybridized carbons (Fsp3) is 0.290. The first-order chi connectivity index (χ1) is 18.6. The van der Waals surface area contributed by atoms with E-state index in [1.807, 2.05) is 49.4 Å². The molecule has 5 rings (SSSR count). The Hall–Kier alpha value is -4.26. The van der Waals surface area contributed by atoms with E-state index in [9.17, 15) is 4.79 Å². The number of hydrogen-bond acceptors (Lipinski definition) is 5. The van der Waals surface area contributed by atoms with Crippen LogP contribution in [0.15, 0.2) is 77.8 Å². The molecule has 4 aromatic rings. The van der Waals surface area contributed by atoms with Crippen LogP contribution in [0.1, 0.15) is 57.0 Å². The molecule has 0 fully saturated rings. The number of carbonyl (C=O) groups excluding carboxylic acids is 1. The fourth-order valence-electron chi connectivity index (χ4n) is 4.90. The first-order valence-electron chi connectivity index (χ1n) is 13.5. The standard InChI is InChI=1S/C31H34N6O/c1-4-18-36(19-5-2)25-16-17-26-27(20-25)37-28(34-35-31(37)23-10-8-7-9-11-23)21-32-30(26)22-12-14-24(15-13-22)33-29(38)6-3/h7-17,20H,4-6,18-19,21H2,1-3H3,(H,33,38). The summed E-state index contributed by atoms with van der Waals surface area (Å²) in [4.78, 5) is 19.3. The zero-order valence-electron chi connectivity index (χ0n) is 22.3. The molecular weight excluding hydrogens is 472 g/mol. The Morgan fingerprint density at radius 1 is 0.895 bits per heavy atom. The van der Waals surface area contributed by atoms with E-state index in [2.05, 4.69) is 69.2 Å². The number of nitrogens with one attached hydrogen (secondary N) is 1. The van der Waals surface area contributed by atoms with Gasteiger partial charge in [0.05, 0.1) is 11.4 Å². The molecule has 0 aliphatic carbocycles. The zero-order valence-corrected chi connectivity index (χ0v) is 22.3. The molecule has 1 N–H and O–H groups in total. The van der Waals surface area contributed by atoms with Gasteiger partial charge in [-0.15, -0.1) is 10.2 Å². The number of anilines is 2. The smallest absolute Gasteiger partial charge is 0.224 e. The molecule has 7 nitrogen and oxygen atoms in total. The predicted octanol–water partition coefficient (Wildman–Crippen LogP) is 6.26. The summed E-state index contributed by atoms with van der Waals surface area (Å²) in [6, 6.07) is 24.7. The number of rotatable bonds is 9. The van der Waals surface area contributed by atoms with Crippen molar-refractivity contribution < 1.29 is 4.79 Å². The van der Waals surface area contributed by atoms with Gasteiger partial charge < -0.3 is 10.2 Å². The number of nitrogens with zero attached hydrogens (tertiary/aromatic N) is 5. The predicted molar refractivity (Wildman–Crippen MR) is 154 cm³/mol. The molecule has 1 aromatic heterocycles. The van der Waals surface area contributed by atoms with Crippen molar-refractivity contribution in [3.8, 4) is 17.1 Å². The molecule has 0 radical (unpaired) electrons. The number of aliphatic imine (C=N–C) groups is 1. The molecule has 1 aliphatic heterocycles. The highest BCUT2D eigenvalue weighted by Crippen LogP contribution is 2.33. The molecule has 1 amide bonds. The van der Waals surface area contributed by atoms with Crippen LogP contribution in [0.5, 0.6) is 0 Å². The van der Waals surface area contributed by atoms with Crippen LogP contribution in [0, 0.1) is 0 Å². The summed E-state index contributed by atoms with van der Waals surface area (Å²) in [5.41, 5.74) is 6.94. The van der Waals surface area contributed by atoms with Crippen LogP contribution in [-0.4, -0.2) is 39.5 Å². The quantitative estimate of drug-likeness (QED) is 0.291. The average Bonchev–Trinajstić information content (AvgIpc) is 3.31. The minimum atomic E-state index is -0.00231. The molecular formula is C31H34N6O. The van der Waals surface area contributed by atoms with Crippen LogP contribution in [0.3, 0.4) is 0 Å². The maximum Gasteiger partial charge on any atom is 0.224 e. The summed E-state index contributed by atoms with van der Waals surface area (Å²) in [6.07, 6.45) is 2.61. The van der Waals surface area contributed by atoms with Gasteiger partial charge in [-0.2, -0.15) is 0 Å². The van der Waals surface area contributed by atoms with Crippen molar-refractivity contribution in [3.63, 3.8) is 0 Å². The molecule has 2 heterocycles. The van der Waals surface area contributed by atoms with Gasteiger partial charge in [-0.05, 0) is 43.2 Å². The molecule has 0 saturated carbocycles. The van der Waals surface area contributed by atoms with E-state index in [0.717, 1.165) is 71.4 Å². The van der Waals surface area contributed by atoms with E-state index in [-0.39, 0.29) is 5.91 Å². The normalized spacial score (nSPS) is 12.2. The highest BCUT2D eigenvalue weighted by molar-refractivity contribution is 6.15. The molecule has 0 atom stereocenters. The number of amides is 1. The third-order valence-electron chi connectivity index (χ3n) is 6.73. The summed E-state index contributed by atoms with van der Waals surface area (Å²) in [6.45, 7) is 8.70. The van der Waals surface area contributed by atoms with E-state index in [1.165, 1.54) is 5.69 Å². The SMILES string of the molecule is CCCN(CCC)c1ccc2c(c1)-n1c(nnc1-c1ccccc1)CN=C2c1ccc(NC(=O)CC)cc1. The van der Waals surface area contributed by atoms with Gasteiger partial charge in [0.1, 0.15) is 6.54 Å². The Morgan fingerprint density at radius 2 is 1.63 bits per heavy atom.